The molecule has 1 saturated heterocycles. The third-order valence-electron chi connectivity index (χ3n) is 6.37. The van der Waals surface area contributed by atoms with Gasteiger partial charge in [-0.1, -0.05) is 18.2 Å². The number of hydrogen-bond donors (Lipinski definition) is 1. The van der Waals surface area contributed by atoms with Crippen molar-refractivity contribution in [2.75, 3.05) is 13.1 Å². The zero-order chi connectivity index (χ0) is 20.8. The number of nitrogens with zero attached hydrogens (tertiary/aromatic N) is 5. The van der Waals surface area contributed by atoms with E-state index in [4.69, 9.17) is 4.98 Å². The molecule has 0 radical (unpaired) electrons. The molecule has 0 spiro atoms. The van der Waals surface area contributed by atoms with Gasteiger partial charge in [-0.25, -0.2) is 4.98 Å². The molecule has 1 aliphatic heterocycles. The second kappa shape index (κ2) is 7.32. The number of fused-ring (bicyclic) bond motifs is 2. The lowest BCUT2D eigenvalue weighted by Gasteiger charge is -2.22. The first kappa shape index (κ1) is 18.3. The molecule has 0 saturated carbocycles. The Bertz CT molecular complexity index is 1380. The second-order valence-electron chi connectivity index (χ2n) is 8.31. The van der Waals surface area contributed by atoms with Crippen LogP contribution in [0.4, 0.5) is 0 Å². The van der Waals surface area contributed by atoms with E-state index in [1.807, 2.05) is 30.7 Å². The number of para-hydroxylation sites is 1. The normalized spacial score (nSPS) is 15.1. The zero-order valence-corrected chi connectivity index (χ0v) is 17.5. The summed E-state index contributed by atoms with van der Waals surface area (Å²) in [7, 11) is 0. The molecule has 0 aliphatic carbocycles. The number of aromatic nitrogens is 5. The number of aryl methyl sites for hydroxylation is 1. The monoisotopic (exact) mass is 408 g/mol. The highest BCUT2D eigenvalue weighted by molar-refractivity contribution is 5.93. The molecule has 5 aromatic rings. The van der Waals surface area contributed by atoms with Gasteiger partial charge in [0.05, 0.1) is 29.6 Å². The number of benzene rings is 1. The van der Waals surface area contributed by atoms with E-state index in [0.717, 1.165) is 59.3 Å². The van der Waals surface area contributed by atoms with E-state index in [9.17, 15) is 0 Å². The Balaban J connectivity index is 1.43. The fourth-order valence-corrected chi connectivity index (χ4v) is 4.70. The first-order valence-electron chi connectivity index (χ1n) is 10.8. The van der Waals surface area contributed by atoms with Crippen molar-refractivity contribution in [1.82, 2.24) is 29.5 Å². The second-order valence-corrected chi connectivity index (χ2v) is 8.31. The van der Waals surface area contributed by atoms with Crippen LogP contribution in [0.2, 0.25) is 0 Å². The largest absolute Gasteiger partial charge is 0.317 e. The maximum Gasteiger partial charge on any atom is 0.137 e. The summed E-state index contributed by atoms with van der Waals surface area (Å²) in [6, 6.07) is 13.0. The SMILES string of the molecule is Cc1cn2c(-c3ccnc4ccccc34)cnc2cc1-c1cnn(C2CCNCC2)c1. The average molecular weight is 409 g/mol. The molecule has 6 rings (SSSR count). The van der Waals surface area contributed by atoms with Crippen molar-refractivity contribution < 1.29 is 0 Å². The minimum Gasteiger partial charge on any atom is -0.317 e. The first-order valence-corrected chi connectivity index (χ1v) is 10.8. The summed E-state index contributed by atoms with van der Waals surface area (Å²) in [6.07, 6.45) is 12.4. The van der Waals surface area contributed by atoms with Crippen LogP contribution in [0.3, 0.4) is 0 Å². The quantitative estimate of drug-likeness (QED) is 0.472. The van der Waals surface area contributed by atoms with Crippen LogP contribution in [-0.2, 0) is 0 Å². The van der Waals surface area contributed by atoms with E-state index < -0.39 is 0 Å². The van der Waals surface area contributed by atoms with Crippen LogP contribution >= 0.6 is 0 Å². The summed E-state index contributed by atoms with van der Waals surface area (Å²) in [6.45, 7) is 4.28. The van der Waals surface area contributed by atoms with E-state index >= 15 is 0 Å². The highest BCUT2D eigenvalue weighted by Gasteiger charge is 2.17. The Labute approximate surface area is 180 Å². The van der Waals surface area contributed by atoms with Crippen molar-refractivity contribution in [1.29, 1.82) is 0 Å². The Morgan fingerprint density at radius 2 is 1.84 bits per heavy atom. The maximum absolute atomic E-state index is 4.73. The summed E-state index contributed by atoms with van der Waals surface area (Å²) in [4.78, 5) is 9.23. The maximum atomic E-state index is 4.73. The molecular weight excluding hydrogens is 384 g/mol. The number of imidazole rings is 1. The molecule has 1 fully saturated rings. The van der Waals surface area contributed by atoms with E-state index in [1.54, 1.807) is 0 Å². The molecule has 31 heavy (non-hydrogen) atoms. The molecule has 1 N–H and O–H groups in total. The number of rotatable bonds is 3. The highest BCUT2D eigenvalue weighted by Crippen LogP contribution is 2.31. The molecule has 0 bridgehead atoms. The number of nitrogens with one attached hydrogen (secondary N) is 1. The van der Waals surface area contributed by atoms with Gasteiger partial charge < -0.3 is 5.32 Å². The molecular formula is C25H24N6. The molecule has 1 aromatic carbocycles. The number of pyridine rings is 2. The first-order chi connectivity index (χ1) is 15.3. The van der Waals surface area contributed by atoms with E-state index in [0.29, 0.717) is 6.04 Å². The van der Waals surface area contributed by atoms with E-state index in [1.165, 1.54) is 11.1 Å². The van der Waals surface area contributed by atoms with Crippen LogP contribution in [0.1, 0.15) is 24.4 Å². The third-order valence-corrected chi connectivity index (χ3v) is 6.37. The van der Waals surface area contributed by atoms with Gasteiger partial charge in [-0.2, -0.15) is 5.10 Å². The summed E-state index contributed by atoms with van der Waals surface area (Å²) >= 11 is 0. The molecule has 0 unspecified atom stereocenters. The summed E-state index contributed by atoms with van der Waals surface area (Å²) < 4.78 is 4.32. The van der Waals surface area contributed by atoms with Crippen LogP contribution in [0.15, 0.2) is 67.4 Å². The number of piperidine rings is 1. The van der Waals surface area contributed by atoms with Gasteiger partial charge in [0.1, 0.15) is 5.65 Å². The molecule has 4 aromatic heterocycles. The predicted molar refractivity (Wildman–Crippen MR) is 123 cm³/mol. The standard InChI is InChI=1S/C25H24N6/c1-17-15-30-24(21-8-11-27-23-5-3-2-4-20(21)23)14-28-25(30)12-22(17)18-13-29-31(16-18)19-6-9-26-10-7-19/h2-5,8,11-16,19,26H,6-7,9-10H2,1H3. The fraction of sp³-hybridized carbons (Fsp3) is 0.240. The van der Waals surface area contributed by atoms with Gasteiger partial charge in [0.15, 0.2) is 0 Å². The molecule has 0 atom stereocenters. The van der Waals surface area contributed by atoms with E-state index in [-0.39, 0.29) is 0 Å². The van der Waals surface area contributed by atoms with Crippen molar-refractivity contribution >= 4 is 16.6 Å². The summed E-state index contributed by atoms with van der Waals surface area (Å²) in [5.74, 6) is 0. The van der Waals surface area contributed by atoms with Gasteiger partial charge in [0, 0.05) is 35.1 Å². The summed E-state index contributed by atoms with van der Waals surface area (Å²) in [5.41, 5.74) is 7.69. The lowest BCUT2D eigenvalue weighted by atomic mass is 10.0. The Kier molecular flexibility index (Phi) is 4.32. The van der Waals surface area contributed by atoms with Crippen molar-refractivity contribution in [3.63, 3.8) is 0 Å². The van der Waals surface area contributed by atoms with Crippen LogP contribution in [0.25, 0.3) is 38.9 Å². The van der Waals surface area contributed by atoms with Gasteiger partial charge in [-0.3, -0.25) is 14.1 Å². The van der Waals surface area contributed by atoms with Gasteiger partial charge >= 0.3 is 0 Å². The van der Waals surface area contributed by atoms with Gasteiger partial charge in [0.25, 0.3) is 0 Å². The van der Waals surface area contributed by atoms with E-state index in [2.05, 4.69) is 68.1 Å². The van der Waals surface area contributed by atoms with Gasteiger partial charge in [-0.05, 0) is 62.2 Å². The number of hydrogen-bond acceptors (Lipinski definition) is 4. The molecule has 0 amide bonds. The van der Waals surface area contributed by atoms with Crippen molar-refractivity contribution in [2.45, 2.75) is 25.8 Å². The van der Waals surface area contributed by atoms with Crippen molar-refractivity contribution in [3.05, 3.63) is 72.9 Å². The lowest BCUT2D eigenvalue weighted by molar-refractivity contribution is 0.343. The molecule has 6 nitrogen and oxygen atoms in total. The minimum absolute atomic E-state index is 0.483. The summed E-state index contributed by atoms with van der Waals surface area (Å²) in [5, 5.41) is 9.24. The third kappa shape index (κ3) is 3.11. The molecule has 6 heteroatoms. The van der Waals surface area contributed by atoms with Crippen LogP contribution in [0.5, 0.6) is 0 Å². The molecule has 1 aliphatic rings. The topological polar surface area (TPSA) is 60.0 Å². The highest BCUT2D eigenvalue weighted by atomic mass is 15.3. The van der Waals surface area contributed by atoms with Crippen LogP contribution in [0, 0.1) is 6.92 Å². The van der Waals surface area contributed by atoms with Gasteiger partial charge in [0.2, 0.25) is 0 Å². The molecule has 5 heterocycles. The van der Waals surface area contributed by atoms with Crippen LogP contribution < -0.4 is 5.32 Å². The van der Waals surface area contributed by atoms with Crippen LogP contribution in [-0.4, -0.2) is 37.2 Å². The van der Waals surface area contributed by atoms with Gasteiger partial charge in [-0.15, -0.1) is 0 Å². The molecule has 154 valence electrons. The minimum atomic E-state index is 0.483. The Hall–Kier alpha value is -3.51. The van der Waals surface area contributed by atoms with Crippen molar-refractivity contribution in [3.8, 4) is 22.4 Å². The fourth-order valence-electron chi connectivity index (χ4n) is 4.70. The Morgan fingerprint density at radius 1 is 0.968 bits per heavy atom. The Morgan fingerprint density at radius 3 is 2.74 bits per heavy atom. The lowest BCUT2D eigenvalue weighted by Crippen LogP contribution is -2.29. The zero-order valence-electron chi connectivity index (χ0n) is 17.5. The average Bonchev–Trinajstić information content (AvgIpc) is 3.46. The predicted octanol–water partition coefficient (Wildman–Crippen LogP) is 4.65. The van der Waals surface area contributed by atoms with Crippen molar-refractivity contribution in [2.24, 2.45) is 0 Å². The smallest absolute Gasteiger partial charge is 0.137 e.